The van der Waals surface area contributed by atoms with Crippen LogP contribution in [-0.4, -0.2) is 99.2 Å². The molecule has 4 unspecified atom stereocenters. The smallest absolute Gasteiger partial charge is 0.377 e. The predicted molar refractivity (Wildman–Crippen MR) is 99.4 cm³/mol. The van der Waals surface area contributed by atoms with Gasteiger partial charge in [-0.3, -0.25) is 14.4 Å². The molecule has 0 bridgehead atoms. The summed E-state index contributed by atoms with van der Waals surface area (Å²) in [5, 5.41) is 42.0. The molecule has 1 rings (SSSR count). The summed E-state index contributed by atoms with van der Waals surface area (Å²) >= 11 is 0. The van der Waals surface area contributed by atoms with E-state index < -0.39 is 85.2 Å². The van der Waals surface area contributed by atoms with E-state index in [9.17, 15) is 39.3 Å². The number of amides is 1. The second-order valence-corrected chi connectivity index (χ2v) is 7.18. The summed E-state index contributed by atoms with van der Waals surface area (Å²) < 4.78 is 19.9. The average molecular weight is 465 g/mol. The third kappa shape index (κ3) is 7.12. The Balaban J connectivity index is 3.35. The number of aliphatic hydroxyl groups excluding tert-OH is 3. The lowest BCUT2D eigenvalue weighted by atomic mass is 9.88. The van der Waals surface area contributed by atoms with Crippen molar-refractivity contribution in [3.8, 4) is 0 Å². The van der Waals surface area contributed by atoms with Gasteiger partial charge in [0.2, 0.25) is 5.91 Å². The molecule has 1 heterocycles. The fourth-order valence-corrected chi connectivity index (χ4v) is 3.05. The summed E-state index contributed by atoms with van der Waals surface area (Å²) in [6.07, 6.45) is -9.49. The van der Waals surface area contributed by atoms with Gasteiger partial charge < -0.3 is 44.7 Å². The minimum atomic E-state index is -2.73. The standard InChI is InChI=1S/C18H27NO13/c1-7(20)16(26)29-6-11(24)14(25)15-13(19-8(2)21)12(30-9(3)22)5-18(32-15,17(27)28)31-10(4)23/h7,11-15,20,24-25H,5-6H2,1-4H3,(H,19,21)(H,27,28)/t7?,11?,12-,13+,14?,15+,18?/m0/s1. The van der Waals surface area contributed by atoms with Crippen LogP contribution in [0.15, 0.2) is 0 Å². The number of hydrogen-bond acceptors (Lipinski definition) is 12. The van der Waals surface area contributed by atoms with Gasteiger partial charge in [-0.1, -0.05) is 0 Å². The summed E-state index contributed by atoms with van der Waals surface area (Å²) in [5.41, 5.74) is 0. The fourth-order valence-electron chi connectivity index (χ4n) is 3.05. The van der Waals surface area contributed by atoms with E-state index in [-0.39, 0.29) is 0 Å². The highest BCUT2D eigenvalue weighted by Crippen LogP contribution is 2.35. The highest BCUT2D eigenvalue weighted by atomic mass is 16.7. The first-order valence-electron chi connectivity index (χ1n) is 9.46. The van der Waals surface area contributed by atoms with Crippen molar-refractivity contribution in [3.05, 3.63) is 0 Å². The van der Waals surface area contributed by atoms with Crippen LogP contribution in [0.4, 0.5) is 0 Å². The number of aliphatic hydroxyl groups is 3. The first-order chi connectivity index (χ1) is 14.7. The molecule has 182 valence electrons. The van der Waals surface area contributed by atoms with Crippen molar-refractivity contribution in [1.82, 2.24) is 5.32 Å². The number of rotatable bonds is 9. The molecule has 1 amide bonds. The summed E-state index contributed by atoms with van der Waals surface area (Å²) in [5.74, 6) is -8.29. The molecule has 1 saturated heterocycles. The van der Waals surface area contributed by atoms with Gasteiger partial charge >= 0.3 is 29.7 Å². The van der Waals surface area contributed by atoms with Gasteiger partial charge in [-0.25, -0.2) is 9.59 Å². The average Bonchev–Trinajstić information content (AvgIpc) is 2.65. The molecule has 1 aliphatic rings. The summed E-state index contributed by atoms with van der Waals surface area (Å²) in [7, 11) is 0. The van der Waals surface area contributed by atoms with E-state index >= 15 is 0 Å². The number of carboxylic acid groups (broad SMARTS) is 1. The third-order valence-electron chi connectivity index (χ3n) is 4.34. The number of carboxylic acids is 1. The first kappa shape index (κ1) is 27.2. The summed E-state index contributed by atoms with van der Waals surface area (Å²) in [4.78, 5) is 58.1. The molecular weight excluding hydrogens is 438 g/mol. The van der Waals surface area contributed by atoms with Gasteiger partial charge in [0.05, 0.1) is 12.5 Å². The molecule has 0 aliphatic carbocycles. The van der Waals surface area contributed by atoms with E-state index in [0.717, 1.165) is 27.7 Å². The summed E-state index contributed by atoms with van der Waals surface area (Å²) in [6.45, 7) is 3.24. The van der Waals surface area contributed by atoms with E-state index in [1.807, 2.05) is 0 Å². The Kier molecular flexibility index (Phi) is 9.51. The molecule has 14 heteroatoms. The van der Waals surface area contributed by atoms with Crippen molar-refractivity contribution < 1.29 is 63.3 Å². The molecule has 1 aliphatic heterocycles. The molecule has 0 aromatic carbocycles. The Labute approximate surface area is 182 Å². The lowest BCUT2D eigenvalue weighted by Crippen LogP contribution is -2.68. The molecule has 5 N–H and O–H groups in total. The molecule has 14 nitrogen and oxygen atoms in total. The monoisotopic (exact) mass is 465 g/mol. The Morgan fingerprint density at radius 1 is 1.09 bits per heavy atom. The number of esters is 3. The van der Waals surface area contributed by atoms with Crippen molar-refractivity contribution in [2.45, 2.75) is 76.5 Å². The van der Waals surface area contributed by atoms with Crippen molar-refractivity contribution in [2.75, 3.05) is 6.61 Å². The second kappa shape index (κ2) is 11.2. The topological polar surface area (TPSA) is 215 Å². The van der Waals surface area contributed by atoms with Crippen molar-refractivity contribution in [2.24, 2.45) is 0 Å². The van der Waals surface area contributed by atoms with Gasteiger partial charge in [-0.05, 0) is 6.92 Å². The lowest BCUT2D eigenvalue weighted by Gasteiger charge is -2.46. The summed E-state index contributed by atoms with van der Waals surface area (Å²) in [6, 6.07) is -1.39. The van der Waals surface area contributed by atoms with Gasteiger partial charge in [0.25, 0.3) is 0 Å². The van der Waals surface area contributed by atoms with E-state index in [2.05, 4.69) is 10.1 Å². The van der Waals surface area contributed by atoms with Crippen molar-refractivity contribution in [3.63, 3.8) is 0 Å². The van der Waals surface area contributed by atoms with Gasteiger partial charge in [-0.2, -0.15) is 0 Å². The molecule has 0 aromatic heterocycles. The van der Waals surface area contributed by atoms with Crippen molar-refractivity contribution in [1.29, 1.82) is 0 Å². The van der Waals surface area contributed by atoms with Crippen LogP contribution in [-0.2, 0) is 42.9 Å². The van der Waals surface area contributed by atoms with Crippen LogP contribution in [0.3, 0.4) is 0 Å². The Morgan fingerprint density at radius 3 is 2.12 bits per heavy atom. The Hall–Kier alpha value is -2.81. The number of ether oxygens (including phenoxy) is 4. The van der Waals surface area contributed by atoms with E-state index in [4.69, 9.17) is 19.3 Å². The van der Waals surface area contributed by atoms with Crippen LogP contribution < -0.4 is 5.32 Å². The number of aliphatic carboxylic acids is 1. The number of hydrogen-bond donors (Lipinski definition) is 5. The van der Waals surface area contributed by atoms with E-state index in [1.54, 1.807) is 0 Å². The Morgan fingerprint density at radius 2 is 1.69 bits per heavy atom. The van der Waals surface area contributed by atoms with Crippen LogP contribution in [0.1, 0.15) is 34.1 Å². The Bertz CT molecular complexity index is 738. The van der Waals surface area contributed by atoms with Crippen molar-refractivity contribution >= 4 is 29.8 Å². The molecule has 1 fully saturated rings. The predicted octanol–water partition coefficient (Wildman–Crippen LogP) is -2.80. The normalized spacial score (nSPS) is 27.9. The number of carbonyl (C=O) groups is 5. The minimum Gasteiger partial charge on any atom is -0.476 e. The zero-order valence-electron chi connectivity index (χ0n) is 17.8. The third-order valence-corrected chi connectivity index (χ3v) is 4.34. The molecule has 0 saturated carbocycles. The van der Waals surface area contributed by atoms with E-state index in [0.29, 0.717) is 0 Å². The van der Waals surface area contributed by atoms with Gasteiger partial charge in [0, 0.05) is 20.8 Å². The number of nitrogens with one attached hydrogen (secondary N) is 1. The van der Waals surface area contributed by atoms with Crippen LogP contribution in [0.25, 0.3) is 0 Å². The van der Waals surface area contributed by atoms with Crippen LogP contribution >= 0.6 is 0 Å². The highest BCUT2D eigenvalue weighted by molar-refractivity contribution is 5.80. The quantitative estimate of drug-likeness (QED) is 0.172. The zero-order valence-corrected chi connectivity index (χ0v) is 17.8. The van der Waals surface area contributed by atoms with Gasteiger partial charge in [0.15, 0.2) is 0 Å². The maximum absolute atomic E-state index is 11.9. The molecule has 0 spiro atoms. The highest BCUT2D eigenvalue weighted by Gasteiger charge is 2.58. The SMILES string of the molecule is CC(=O)N[C@@H]1[C@@H](OC(C)=O)CC(OC(C)=O)(C(=O)O)O[C@H]1C(O)C(O)COC(=O)C(C)O. The maximum atomic E-state index is 11.9. The zero-order chi connectivity index (χ0) is 24.8. The van der Waals surface area contributed by atoms with Gasteiger partial charge in [0.1, 0.15) is 37.1 Å². The maximum Gasteiger partial charge on any atom is 0.377 e. The number of carbonyl (C=O) groups excluding carboxylic acids is 4. The molecule has 0 aromatic rings. The first-order valence-corrected chi connectivity index (χ1v) is 9.46. The molecule has 7 atom stereocenters. The fraction of sp³-hybridized carbons (Fsp3) is 0.722. The lowest BCUT2D eigenvalue weighted by molar-refractivity contribution is -0.301. The van der Waals surface area contributed by atoms with Crippen LogP contribution in [0.2, 0.25) is 0 Å². The largest absolute Gasteiger partial charge is 0.476 e. The molecule has 0 radical (unpaired) electrons. The van der Waals surface area contributed by atoms with Crippen LogP contribution in [0, 0.1) is 0 Å². The van der Waals surface area contributed by atoms with Gasteiger partial charge in [-0.15, -0.1) is 0 Å². The minimum absolute atomic E-state index is 0.682. The van der Waals surface area contributed by atoms with Crippen LogP contribution in [0.5, 0.6) is 0 Å². The molecule has 32 heavy (non-hydrogen) atoms. The second-order valence-electron chi connectivity index (χ2n) is 7.18. The molecular formula is C18H27NO13. The van der Waals surface area contributed by atoms with E-state index in [1.165, 1.54) is 0 Å².